The summed E-state index contributed by atoms with van der Waals surface area (Å²) < 4.78 is 11.2. The number of benzene rings is 1. The molecule has 3 rings (SSSR count). The van der Waals surface area contributed by atoms with Crippen molar-refractivity contribution in [2.24, 2.45) is 10.4 Å². The van der Waals surface area contributed by atoms with E-state index in [0.717, 1.165) is 43.4 Å². The van der Waals surface area contributed by atoms with Crippen LogP contribution in [0.5, 0.6) is 0 Å². The van der Waals surface area contributed by atoms with E-state index in [1.54, 1.807) is 13.3 Å². The van der Waals surface area contributed by atoms with E-state index in [9.17, 15) is 0 Å². The number of nitrogens with one attached hydrogen (secondary N) is 2. The van der Waals surface area contributed by atoms with E-state index in [1.165, 1.54) is 25.7 Å². The molecule has 0 bridgehead atoms. The Balaban J connectivity index is 0.00000300. The summed E-state index contributed by atoms with van der Waals surface area (Å²) in [6.07, 6.45) is 7.93. The first-order chi connectivity index (χ1) is 13.7. The number of ether oxygens (including phenoxy) is 1. The minimum atomic E-state index is 0. The zero-order chi connectivity index (χ0) is 19.7. The third kappa shape index (κ3) is 6.99. The first-order valence-corrected chi connectivity index (χ1v) is 10.3. The summed E-state index contributed by atoms with van der Waals surface area (Å²) in [6, 6.07) is 9.93. The Morgan fingerprint density at radius 1 is 1.21 bits per heavy atom. The summed E-state index contributed by atoms with van der Waals surface area (Å²) in [4.78, 5) is 8.92. The van der Waals surface area contributed by atoms with Crippen LogP contribution in [0.25, 0.3) is 11.5 Å². The van der Waals surface area contributed by atoms with Crippen LogP contribution in [0.4, 0.5) is 0 Å². The van der Waals surface area contributed by atoms with Gasteiger partial charge in [0.1, 0.15) is 6.26 Å². The Labute approximate surface area is 190 Å². The van der Waals surface area contributed by atoms with Crippen molar-refractivity contribution >= 4 is 29.9 Å². The van der Waals surface area contributed by atoms with Crippen molar-refractivity contribution in [2.45, 2.75) is 45.6 Å². The van der Waals surface area contributed by atoms with Crippen molar-refractivity contribution in [1.29, 1.82) is 0 Å². The highest BCUT2D eigenvalue weighted by molar-refractivity contribution is 14.0. The van der Waals surface area contributed by atoms with Gasteiger partial charge in [-0.15, -0.1) is 24.0 Å². The molecule has 0 saturated heterocycles. The lowest BCUT2D eigenvalue weighted by molar-refractivity contribution is 0.105. The average molecular weight is 512 g/mol. The van der Waals surface area contributed by atoms with Crippen LogP contribution < -0.4 is 10.6 Å². The second-order valence-corrected chi connectivity index (χ2v) is 7.44. The number of hydrogen-bond acceptors (Lipinski definition) is 4. The summed E-state index contributed by atoms with van der Waals surface area (Å²) in [5, 5.41) is 6.86. The van der Waals surface area contributed by atoms with Gasteiger partial charge in [0.05, 0.1) is 12.2 Å². The van der Waals surface area contributed by atoms with Crippen molar-refractivity contribution in [1.82, 2.24) is 15.6 Å². The van der Waals surface area contributed by atoms with Gasteiger partial charge in [-0.1, -0.05) is 31.0 Å². The van der Waals surface area contributed by atoms with Gasteiger partial charge < -0.3 is 19.8 Å². The standard InChI is InChI=1S/C22H32N4O2.HI/c1-3-27-14-13-22(11-7-8-12-22)17-25-21(23-2)24-15-19-16-28-20(26-19)18-9-5-4-6-10-18;/h4-6,9-10,16H,3,7-8,11-15,17H2,1-2H3,(H2,23,24,25);1H. The third-order valence-electron chi connectivity index (χ3n) is 5.51. The molecule has 2 aromatic rings. The molecule has 1 heterocycles. The zero-order valence-corrected chi connectivity index (χ0v) is 19.8. The van der Waals surface area contributed by atoms with Gasteiger partial charge >= 0.3 is 0 Å². The topological polar surface area (TPSA) is 71.7 Å². The lowest BCUT2D eigenvalue weighted by Crippen LogP contribution is -2.43. The number of nitrogens with zero attached hydrogens (tertiary/aromatic N) is 2. The zero-order valence-electron chi connectivity index (χ0n) is 17.4. The molecule has 1 aromatic carbocycles. The SMILES string of the molecule is CCOCCC1(CNC(=NC)NCc2coc(-c3ccccc3)n2)CCCC1.I. The predicted octanol–water partition coefficient (Wildman–Crippen LogP) is 4.61. The van der Waals surface area contributed by atoms with Crippen LogP contribution in [0.1, 0.15) is 44.7 Å². The van der Waals surface area contributed by atoms with E-state index in [0.29, 0.717) is 17.9 Å². The van der Waals surface area contributed by atoms with Gasteiger partial charge in [0.25, 0.3) is 0 Å². The number of halogens is 1. The van der Waals surface area contributed by atoms with Crippen molar-refractivity contribution in [3.8, 4) is 11.5 Å². The molecule has 2 N–H and O–H groups in total. The first-order valence-electron chi connectivity index (χ1n) is 10.3. The maximum Gasteiger partial charge on any atom is 0.226 e. The molecule has 1 aliphatic rings. The number of rotatable bonds is 9. The molecule has 1 saturated carbocycles. The normalized spacial score (nSPS) is 15.7. The van der Waals surface area contributed by atoms with Gasteiger partial charge in [0, 0.05) is 32.4 Å². The van der Waals surface area contributed by atoms with E-state index in [-0.39, 0.29) is 24.0 Å². The summed E-state index contributed by atoms with van der Waals surface area (Å²) in [5.41, 5.74) is 2.16. The number of hydrogen-bond donors (Lipinski definition) is 2. The number of aromatic nitrogens is 1. The summed E-state index contributed by atoms with van der Waals surface area (Å²) in [5.74, 6) is 1.44. The number of oxazole rings is 1. The van der Waals surface area contributed by atoms with E-state index >= 15 is 0 Å². The largest absolute Gasteiger partial charge is 0.444 e. The molecule has 7 heteroatoms. The van der Waals surface area contributed by atoms with Crippen LogP contribution in [0.2, 0.25) is 0 Å². The molecular weight excluding hydrogens is 479 g/mol. The van der Waals surface area contributed by atoms with Crippen LogP contribution in [0.3, 0.4) is 0 Å². The Bertz CT molecular complexity index is 742. The highest BCUT2D eigenvalue weighted by Crippen LogP contribution is 2.40. The highest BCUT2D eigenvalue weighted by atomic mass is 127. The lowest BCUT2D eigenvalue weighted by atomic mass is 9.83. The fourth-order valence-corrected chi connectivity index (χ4v) is 3.84. The van der Waals surface area contributed by atoms with E-state index in [1.807, 2.05) is 30.3 Å². The van der Waals surface area contributed by atoms with E-state index < -0.39 is 0 Å². The van der Waals surface area contributed by atoms with Crippen molar-refractivity contribution in [2.75, 3.05) is 26.8 Å². The molecule has 1 aliphatic carbocycles. The molecule has 0 spiro atoms. The van der Waals surface area contributed by atoms with Gasteiger partial charge in [-0.3, -0.25) is 4.99 Å². The second kappa shape index (κ2) is 12.2. The molecule has 6 nitrogen and oxygen atoms in total. The predicted molar refractivity (Wildman–Crippen MR) is 128 cm³/mol. The summed E-state index contributed by atoms with van der Waals surface area (Å²) in [7, 11) is 1.80. The molecule has 29 heavy (non-hydrogen) atoms. The minimum absolute atomic E-state index is 0. The lowest BCUT2D eigenvalue weighted by Gasteiger charge is -2.30. The van der Waals surface area contributed by atoms with Gasteiger partial charge in [-0.2, -0.15) is 0 Å². The third-order valence-corrected chi connectivity index (χ3v) is 5.51. The molecular formula is C22H33IN4O2. The second-order valence-electron chi connectivity index (χ2n) is 7.44. The van der Waals surface area contributed by atoms with Gasteiger partial charge in [0.2, 0.25) is 5.89 Å². The van der Waals surface area contributed by atoms with Gasteiger partial charge in [-0.25, -0.2) is 4.98 Å². The van der Waals surface area contributed by atoms with Crippen LogP contribution in [0.15, 0.2) is 46.0 Å². The fraction of sp³-hybridized carbons (Fsp3) is 0.545. The quantitative estimate of drug-likeness (QED) is 0.222. The molecule has 0 amide bonds. The molecule has 1 aromatic heterocycles. The Morgan fingerprint density at radius 2 is 1.97 bits per heavy atom. The Kier molecular flexibility index (Phi) is 9.93. The molecule has 0 atom stereocenters. The Morgan fingerprint density at radius 3 is 2.66 bits per heavy atom. The smallest absolute Gasteiger partial charge is 0.226 e. The number of aliphatic imine (C=N–C) groups is 1. The van der Waals surface area contributed by atoms with Gasteiger partial charge in [-0.05, 0) is 43.7 Å². The van der Waals surface area contributed by atoms with Crippen LogP contribution in [-0.4, -0.2) is 37.7 Å². The van der Waals surface area contributed by atoms with Crippen molar-refractivity contribution < 1.29 is 9.15 Å². The molecule has 0 unspecified atom stereocenters. The van der Waals surface area contributed by atoms with Crippen molar-refractivity contribution in [3.63, 3.8) is 0 Å². The highest BCUT2D eigenvalue weighted by Gasteiger charge is 2.33. The monoisotopic (exact) mass is 512 g/mol. The van der Waals surface area contributed by atoms with Crippen LogP contribution in [0, 0.1) is 5.41 Å². The molecule has 160 valence electrons. The number of guanidine groups is 1. The van der Waals surface area contributed by atoms with Gasteiger partial charge in [0.15, 0.2) is 5.96 Å². The molecule has 0 aliphatic heterocycles. The maximum absolute atomic E-state index is 5.61. The fourth-order valence-electron chi connectivity index (χ4n) is 3.84. The van der Waals surface area contributed by atoms with Crippen LogP contribution in [-0.2, 0) is 11.3 Å². The van der Waals surface area contributed by atoms with Crippen molar-refractivity contribution in [3.05, 3.63) is 42.3 Å². The molecule has 0 radical (unpaired) electrons. The Hall–Kier alpha value is -1.61. The average Bonchev–Trinajstić information content (AvgIpc) is 3.39. The van der Waals surface area contributed by atoms with E-state index in [2.05, 4.69) is 27.5 Å². The molecule has 1 fully saturated rings. The maximum atomic E-state index is 5.61. The van der Waals surface area contributed by atoms with Crippen LogP contribution >= 0.6 is 24.0 Å². The summed E-state index contributed by atoms with van der Waals surface area (Å²) in [6.45, 7) is 5.18. The minimum Gasteiger partial charge on any atom is -0.444 e. The first kappa shape index (κ1) is 23.7. The van der Waals surface area contributed by atoms with E-state index in [4.69, 9.17) is 9.15 Å². The summed E-state index contributed by atoms with van der Waals surface area (Å²) >= 11 is 0.